The van der Waals surface area contributed by atoms with Crippen LogP contribution in [-0.4, -0.2) is 35.0 Å². The minimum absolute atomic E-state index is 0.0715. The molecule has 1 aliphatic heterocycles. The van der Waals surface area contributed by atoms with Crippen LogP contribution in [-0.2, 0) is 17.6 Å². The molecule has 2 heterocycles. The number of hydrogen-bond acceptors (Lipinski definition) is 4. The molecule has 2 aromatic rings. The minimum Gasteiger partial charge on any atom is -0.356 e. The fourth-order valence-electron chi connectivity index (χ4n) is 4.04. The van der Waals surface area contributed by atoms with E-state index >= 15 is 0 Å². The average Bonchev–Trinajstić information content (AvgIpc) is 2.73. The Morgan fingerprint density at radius 3 is 2.75 bits per heavy atom. The number of carbonyl (C=O) groups is 1. The molecule has 0 spiro atoms. The highest BCUT2D eigenvalue weighted by Gasteiger charge is 2.25. The number of rotatable bonds is 4. The second kappa shape index (κ2) is 8.74. The van der Waals surface area contributed by atoms with Gasteiger partial charge in [0.2, 0.25) is 5.91 Å². The maximum Gasteiger partial charge on any atom is 0.244 e. The van der Waals surface area contributed by atoms with Gasteiger partial charge >= 0.3 is 0 Å². The first-order valence-corrected chi connectivity index (χ1v) is 10.4. The van der Waals surface area contributed by atoms with Gasteiger partial charge in [-0.3, -0.25) is 4.79 Å². The molecule has 0 bridgehead atoms. The first-order valence-electron chi connectivity index (χ1n) is 10.0. The topological polar surface area (TPSA) is 58.1 Å². The van der Waals surface area contributed by atoms with Gasteiger partial charge in [0.05, 0.1) is 0 Å². The number of hydrogen-bond donors (Lipinski definition) is 1. The molecular weight excluding hydrogens is 372 g/mol. The summed E-state index contributed by atoms with van der Waals surface area (Å²) in [6, 6.07) is 7.69. The van der Waals surface area contributed by atoms with E-state index in [2.05, 4.69) is 20.2 Å². The third-order valence-corrected chi connectivity index (χ3v) is 5.91. The van der Waals surface area contributed by atoms with Gasteiger partial charge in [0.1, 0.15) is 12.1 Å². The average molecular weight is 397 g/mol. The van der Waals surface area contributed by atoms with Crippen molar-refractivity contribution in [3.8, 4) is 0 Å². The molecule has 5 nitrogen and oxygen atoms in total. The summed E-state index contributed by atoms with van der Waals surface area (Å²) in [4.78, 5) is 23.7. The van der Waals surface area contributed by atoms with Gasteiger partial charge in [0.15, 0.2) is 0 Å². The van der Waals surface area contributed by atoms with E-state index in [-0.39, 0.29) is 11.9 Å². The van der Waals surface area contributed by atoms with Crippen molar-refractivity contribution in [3.63, 3.8) is 0 Å². The maximum atomic E-state index is 12.3. The Balaban J connectivity index is 1.32. The SMILES string of the molecule is O=C(/C=C/c1ccccc1Cl)NC1CCN(c2ncnc3c2CCCC3)CC1. The molecule has 0 atom stereocenters. The van der Waals surface area contributed by atoms with Crippen molar-refractivity contribution in [1.29, 1.82) is 0 Å². The molecule has 2 aliphatic rings. The number of nitrogens with zero attached hydrogens (tertiary/aromatic N) is 3. The Labute approximate surface area is 170 Å². The third kappa shape index (κ3) is 4.36. The van der Waals surface area contributed by atoms with Crippen molar-refractivity contribution in [2.75, 3.05) is 18.0 Å². The van der Waals surface area contributed by atoms with Crippen LogP contribution in [0.25, 0.3) is 6.08 Å². The van der Waals surface area contributed by atoms with Gasteiger partial charge in [-0.2, -0.15) is 0 Å². The molecule has 1 aromatic carbocycles. The lowest BCUT2D eigenvalue weighted by atomic mass is 9.95. The second-order valence-electron chi connectivity index (χ2n) is 7.45. The van der Waals surface area contributed by atoms with Crippen LogP contribution in [0, 0.1) is 0 Å². The summed E-state index contributed by atoms with van der Waals surface area (Å²) in [5, 5.41) is 3.76. The number of fused-ring (bicyclic) bond motifs is 1. The van der Waals surface area contributed by atoms with Crippen LogP contribution in [0.15, 0.2) is 36.7 Å². The maximum absolute atomic E-state index is 12.3. The standard InChI is InChI=1S/C22H25ClN4O/c23-19-7-3-1-5-16(19)9-10-21(28)26-17-11-13-27(14-12-17)22-18-6-2-4-8-20(18)24-15-25-22/h1,3,5,7,9-10,15,17H,2,4,6,8,11-14H2,(H,26,28)/b10-9+. The molecular formula is C22H25ClN4O. The van der Waals surface area contributed by atoms with E-state index in [1.54, 1.807) is 18.5 Å². The number of anilines is 1. The Bertz CT molecular complexity index is 875. The van der Waals surface area contributed by atoms with E-state index in [9.17, 15) is 4.79 Å². The molecule has 28 heavy (non-hydrogen) atoms. The minimum atomic E-state index is -0.0715. The van der Waals surface area contributed by atoms with Crippen molar-refractivity contribution in [3.05, 3.63) is 58.5 Å². The number of halogens is 1. The van der Waals surface area contributed by atoms with Gasteiger partial charge in [0, 0.05) is 41.5 Å². The summed E-state index contributed by atoms with van der Waals surface area (Å²) >= 11 is 6.13. The van der Waals surface area contributed by atoms with Crippen LogP contribution >= 0.6 is 11.6 Å². The summed E-state index contributed by atoms with van der Waals surface area (Å²) < 4.78 is 0. The lowest BCUT2D eigenvalue weighted by molar-refractivity contribution is -0.117. The van der Waals surface area contributed by atoms with Crippen molar-refractivity contribution < 1.29 is 4.79 Å². The second-order valence-corrected chi connectivity index (χ2v) is 7.86. The fraction of sp³-hybridized carbons (Fsp3) is 0.409. The molecule has 1 aliphatic carbocycles. The molecule has 1 fully saturated rings. The Morgan fingerprint density at radius 1 is 1.14 bits per heavy atom. The smallest absolute Gasteiger partial charge is 0.244 e. The lowest BCUT2D eigenvalue weighted by Crippen LogP contribution is -2.45. The zero-order valence-electron chi connectivity index (χ0n) is 15.9. The molecule has 1 aromatic heterocycles. The number of benzene rings is 1. The molecule has 6 heteroatoms. The van der Waals surface area contributed by atoms with Crippen LogP contribution in [0.2, 0.25) is 5.02 Å². The predicted molar refractivity (Wildman–Crippen MR) is 113 cm³/mol. The quantitative estimate of drug-likeness (QED) is 0.798. The first kappa shape index (κ1) is 18.9. The van der Waals surface area contributed by atoms with Crippen LogP contribution in [0.3, 0.4) is 0 Å². The van der Waals surface area contributed by atoms with Crippen LogP contribution in [0.5, 0.6) is 0 Å². The molecule has 1 N–H and O–H groups in total. The van der Waals surface area contributed by atoms with Gasteiger partial charge in [0.25, 0.3) is 0 Å². The molecule has 0 unspecified atom stereocenters. The first-order chi connectivity index (χ1) is 13.7. The molecule has 0 radical (unpaired) electrons. The summed E-state index contributed by atoms with van der Waals surface area (Å²) in [6.07, 6.45) is 11.5. The molecule has 146 valence electrons. The van der Waals surface area contributed by atoms with E-state index < -0.39 is 0 Å². The van der Waals surface area contributed by atoms with Gasteiger partial charge in [-0.05, 0) is 56.2 Å². The highest BCUT2D eigenvalue weighted by molar-refractivity contribution is 6.32. The van der Waals surface area contributed by atoms with Crippen molar-refractivity contribution in [1.82, 2.24) is 15.3 Å². The summed E-state index contributed by atoms with van der Waals surface area (Å²) in [6.45, 7) is 1.81. The van der Waals surface area contributed by atoms with Crippen LogP contribution < -0.4 is 10.2 Å². The number of aromatic nitrogens is 2. The van der Waals surface area contributed by atoms with E-state index in [1.165, 1.54) is 24.1 Å². The third-order valence-electron chi connectivity index (χ3n) is 5.56. The van der Waals surface area contributed by atoms with E-state index in [1.807, 2.05) is 24.3 Å². The summed E-state index contributed by atoms with van der Waals surface area (Å²) in [7, 11) is 0. The Hall–Kier alpha value is -2.40. The molecule has 0 saturated carbocycles. The van der Waals surface area contributed by atoms with Crippen LogP contribution in [0.1, 0.15) is 42.5 Å². The van der Waals surface area contributed by atoms with Gasteiger partial charge in [-0.1, -0.05) is 29.8 Å². The fourth-order valence-corrected chi connectivity index (χ4v) is 4.24. The monoisotopic (exact) mass is 396 g/mol. The van der Waals surface area contributed by atoms with Gasteiger partial charge in [-0.25, -0.2) is 9.97 Å². The zero-order valence-corrected chi connectivity index (χ0v) is 16.7. The number of carbonyl (C=O) groups excluding carboxylic acids is 1. The van der Waals surface area contributed by atoms with E-state index in [4.69, 9.17) is 11.6 Å². The molecule has 1 saturated heterocycles. The number of amides is 1. The van der Waals surface area contributed by atoms with Gasteiger partial charge < -0.3 is 10.2 Å². The number of nitrogens with one attached hydrogen (secondary N) is 1. The zero-order chi connectivity index (χ0) is 19.3. The Kier molecular flexibility index (Phi) is 5.91. The van der Waals surface area contributed by atoms with Crippen molar-refractivity contribution >= 4 is 29.4 Å². The summed E-state index contributed by atoms with van der Waals surface area (Å²) in [5.74, 6) is 1.03. The van der Waals surface area contributed by atoms with E-state index in [0.29, 0.717) is 5.02 Å². The predicted octanol–water partition coefficient (Wildman–Crippen LogP) is 3.81. The largest absolute Gasteiger partial charge is 0.356 e. The van der Waals surface area contributed by atoms with Crippen molar-refractivity contribution in [2.24, 2.45) is 0 Å². The number of piperidine rings is 1. The van der Waals surface area contributed by atoms with Crippen molar-refractivity contribution in [2.45, 2.75) is 44.6 Å². The van der Waals surface area contributed by atoms with Crippen LogP contribution in [0.4, 0.5) is 5.82 Å². The normalized spacial score (nSPS) is 17.5. The number of aryl methyl sites for hydroxylation is 1. The highest BCUT2D eigenvalue weighted by atomic mass is 35.5. The summed E-state index contributed by atoms with van der Waals surface area (Å²) in [5.41, 5.74) is 3.40. The Morgan fingerprint density at radius 2 is 1.93 bits per heavy atom. The highest BCUT2D eigenvalue weighted by Crippen LogP contribution is 2.28. The molecule has 1 amide bonds. The van der Waals surface area contributed by atoms with Gasteiger partial charge in [-0.15, -0.1) is 0 Å². The molecule has 4 rings (SSSR count). The lowest BCUT2D eigenvalue weighted by Gasteiger charge is -2.34. The van der Waals surface area contributed by atoms with E-state index in [0.717, 1.165) is 50.2 Å².